The van der Waals surface area contributed by atoms with Crippen LogP contribution in [0.2, 0.25) is 0 Å². The van der Waals surface area contributed by atoms with Crippen LogP contribution < -0.4 is 11.5 Å². The number of halogens is 1. The smallest absolute Gasteiger partial charge is 0.161 e. The fraction of sp³-hybridized carbons (Fsp3) is 1.00. The minimum Gasteiger partial charge on any atom is -0.390 e. The van der Waals surface area contributed by atoms with E-state index in [1.54, 1.807) is 0 Å². The van der Waals surface area contributed by atoms with Crippen molar-refractivity contribution in [3.63, 3.8) is 0 Å². The fourth-order valence-corrected chi connectivity index (χ4v) is 2.66. The molecule has 0 spiro atoms. The quantitative estimate of drug-likeness (QED) is 0.668. The van der Waals surface area contributed by atoms with E-state index >= 15 is 0 Å². The first-order chi connectivity index (χ1) is 8.58. The van der Waals surface area contributed by atoms with Gasteiger partial charge in [0.2, 0.25) is 0 Å². The van der Waals surface area contributed by atoms with E-state index in [2.05, 4.69) is 0 Å². The maximum absolute atomic E-state index is 13.5. The van der Waals surface area contributed by atoms with E-state index in [4.69, 9.17) is 20.9 Å². The zero-order valence-corrected chi connectivity index (χ0v) is 10.5. The Kier molecular flexibility index (Phi) is 4.91. The van der Waals surface area contributed by atoms with Crippen molar-refractivity contribution < 1.29 is 19.0 Å². The zero-order chi connectivity index (χ0) is 13.1. The minimum absolute atomic E-state index is 0.0258. The predicted octanol–water partition coefficient (Wildman–Crippen LogP) is 0.0456. The van der Waals surface area contributed by atoms with Gasteiger partial charge in [0.05, 0.1) is 18.3 Å². The molecule has 0 radical (unpaired) electrons. The molecule has 0 aromatic heterocycles. The average Bonchev–Trinajstić information content (AvgIpc) is 2.32. The van der Waals surface area contributed by atoms with Crippen LogP contribution in [0.5, 0.6) is 0 Å². The van der Waals surface area contributed by atoms with Crippen molar-refractivity contribution in [1.29, 1.82) is 0 Å². The third kappa shape index (κ3) is 3.61. The molecule has 1 heterocycles. The van der Waals surface area contributed by atoms with Crippen LogP contribution in [0.15, 0.2) is 0 Å². The first kappa shape index (κ1) is 14.1. The molecule has 0 aromatic rings. The highest BCUT2D eigenvalue weighted by molar-refractivity contribution is 4.83. The molecule has 18 heavy (non-hydrogen) atoms. The molecule has 5 N–H and O–H groups in total. The van der Waals surface area contributed by atoms with E-state index in [1.165, 1.54) is 0 Å². The second-order valence-corrected chi connectivity index (χ2v) is 5.31. The number of hydrogen-bond donors (Lipinski definition) is 3. The van der Waals surface area contributed by atoms with Crippen LogP contribution in [0.1, 0.15) is 32.1 Å². The lowest BCUT2D eigenvalue weighted by Gasteiger charge is -2.37. The van der Waals surface area contributed by atoms with Gasteiger partial charge < -0.3 is 26.0 Å². The second kappa shape index (κ2) is 6.25. The third-order valence-electron chi connectivity index (χ3n) is 3.70. The highest BCUT2D eigenvalue weighted by Crippen LogP contribution is 2.27. The molecule has 6 atom stereocenters. The summed E-state index contributed by atoms with van der Waals surface area (Å²) < 4.78 is 24.7. The summed E-state index contributed by atoms with van der Waals surface area (Å²) in [5.74, 6) is 0. The van der Waals surface area contributed by atoms with Crippen LogP contribution in [0.4, 0.5) is 4.39 Å². The second-order valence-electron chi connectivity index (χ2n) is 5.31. The Labute approximate surface area is 107 Å². The van der Waals surface area contributed by atoms with Crippen LogP contribution in [0, 0.1) is 0 Å². The molecular formula is C12H23FN2O3. The molecule has 1 saturated carbocycles. The maximum atomic E-state index is 13.5. The van der Waals surface area contributed by atoms with Crippen molar-refractivity contribution in [2.45, 2.75) is 68.9 Å². The molecule has 2 aliphatic rings. The Morgan fingerprint density at radius 3 is 2.72 bits per heavy atom. The van der Waals surface area contributed by atoms with E-state index in [9.17, 15) is 9.50 Å². The predicted molar refractivity (Wildman–Crippen MR) is 64.6 cm³/mol. The topological polar surface area (TPSA) is 90.7 Å². The van der Waals surface area contributed by atoms with Gasteiger partial charge in [-0.2, -0.15) is 0 Å². The molecule has 0 amide bonds. The molecule has 2 rings (SSSR count). The zero-order valence-electron chi connectivity index (χ0n) is 10.5. The number of aliphatic hydroxyl groups is 1. The largest absolute Gasteiger partial charge is 0.390 e. The average molecular weight is 262 g/mol. The van der Waals surface area contributed by atoms with Gasteiger partial charge in [0.1, 0.15) is 6.17 Å². The van der Waals surface area contributed by atoms with Gasteiger partial charge in [0, 0.05) is 25.4 Å². The number of alkyl halides is 1. The maximum Gasteiger partial charge on any atom is 0.161 e. The minimum atomic E-state index is -0.944. The van der Waals surface area contributed by atoms with Crippen molar-refractivity contribution in [2.24, 2.45) is 11.5 Å². The summed E-state index contributed by atoms with van der Waals surface area (Å²) in [4.78, 5) is 0. The van der Waals surface area contributed by atoms with Crippen LogP contribution >= 0.6 is 0 Å². The van der Waals surface area contributed by atoms with E-state index in [0.717, 1.165) is 6.42 Å². The molecule has 5 nitrogen and oxygen atoms in total. The fourth-order valence-electron chi connectivity index (χ4n) is 2.66. The van der Waals surface area contributed by atoms with Gasteiger partial charge in [-0.05, 0) is 19.3 Å². The van der Waals surface area contributed by atoms with Crippen LogP contribution in [-0.4, -0.2) is 48.5 Å². The molecule has 2 fully saturated rings. The molecule has 1 aliphatic heterocycles. The van der Waals surface area contributed by atoms with Gasteiger partial charge in [-0.1, -0.05) is 0 Å². The van der Waals surface area contributed by atoms with Crippen molar-refractivity contribution >= 4 is 0 Å². The standard InChI is InChI=1S/C12H23FN2O3/c13-7-3-9(6-14)17-12(4-7)18-11-2-1-8(15)5-10(11)16/h7-12,16H,1-6,14-15H2/t7?,8?,9?,10?,11-,12-/m1/s1. The summed E-state index contributed by atoms with van der Waals surface area (Å²) in [6.07, 6.45) is -0.164. The Morgan fingerprint density at radius 1 is 1.28 bits per heavy atom. The number of nitrogens with two attached hydrogens (primary N) is 2. The molecule has 1 aliphatic carbocycles. The summed E-state index contributed by atoms with van der Waals surface area (Å²) in [7, 11) is 0. The molecule has 0 bridgehead atoms. The monoisotopic (exact) mass is 262 g/mol. The summed E-state index contributed by atoms with van der Waals surface area (Å²) in [6.45, 7) is 0.290. The Morgan fingerprint density at radius 2 is 2.06 bits per heavy atom. The molecule has 0 aromatic carbocycles. The van der Waals surface area contributed by atoms with Crippen molar-refractivity contribution in [1.82, 2.24) is 0 Å². The number of rotatable bonds is 3. The van der Waals surface area contributed by atoms with Crippen LogP contribution in [-0.2, 0) is 9.47 Å². The van der Waals surface area contributed by atoms with Gasteiger partial charge >= 0.3 is 0 Å². The highest BCUT2D eigenvalue weighted by atomic mass is 19.1. The number of hydrogen-bond acceptors (Lipinski definition) is 5. The molecular weight excluding hydrogens is 239 g/mol. The molecule has 106 valence electrons. The highest BCUT2D eigenvalue weighted by Gasteiger charge is 2.35. The lowest BCUT2D eigenvalue weighted by atomic mass is 9.91. The molecule has 6 heteroatoms. The van der Waals surface area contributed by atoms with E-state index in [-0.39, 0.29) is 24.7 Å². The van der Waals surface area contributed by atoms with Crippen molar-refractivity contribution in [3.05, 3.63) is 0 Å². The van der Waals surface area contributed by atoms with Gasteiger partial charge in [-0.15, -0.1) is 0 Å². The van der Waals surface area contributed by atoms with Crippen LogP contribution in [0.3, 0.4) is 0 Å². The number of ether oxygens (including phenoxy) is 2. The summed E-state index contributed by atoms with van der Waals surface area (Å²) in [5.41, 5.74) is 11.3. The van der Waals surface area contributed by atoms with Crippen molar-refractivity contribution in [3.8, 4) is 0 Å². The molecule has 4 unspecified atom stereocenters. The summed E-state index contributed by atoms with van der Waals surface area (Å²) in [6, 6.07) is 0.0258. The van der Waals surface area contributed by atoms with E-state index in [0.29, 0.717) is 25.8 Å². The van der Waals surface area contributed by atoms with Crippen LogP contribution in [0.25, 0.3) is 0 Å². The van der Waals surface area contributed by atoms with Gasteiger partial charge in [0.15, 0.2) is 6.29 Å². The lowest BCUT2D eigenvalue weighted by molar-refractivity contribution is -0.242. The first-order valence-corrected chi connectivity index (χ1v) is 6.67. The first-order valence-electron chi connectivity index (χ1n) is 6.67. The normalized spacial score (nSPS) is 46.0. The summed E-state index contributed by atoms with van der Waals surface area (Å²) in [5, 5.41) is 9.88. The van der Waals surface area contributed by atoms with Gasteiger partial charge in [-0.3, -0.25) is 0 Å². The Hall–Kier alpha value is -0.270. The lowest BCUT2D eigenvalue weighted by Crippen LogP contribution is -2.46. The van der Waals surface area contributed by atoms with E-state index in [1.807, 2.05) is 0 Å². The summed E-state index contributed by atoms with van der Waals surface area (Å²) >= 11 is 0. The van der Waals surface area contributed by atoms with E-state index < -0.39 is 18.6 Å². The van der Waals surface area contributed by atoms with Gasteiger partial charge in [0.25, 0.3) is 0 Å². The Bertz CT molecular complexity index is 270. The van der Waals surface area contributed by atoms with Gasteiger partial charge in [-0.25, -0.2) is 4.39 Å². The molecule has 1 saturated heterocycles. The Balaban J connectivity index is 1.84. The SMILES string of the molecule is NCC1CC(F)C[C@@H](O[C@@H]2CCC(N)CC2O)O1. The van der Waals surface area contributed by atoms with Crippen molar-refractivity contribution in [2.75, 3.05) is 6.54 Å². The third-order valence-corrected chi connectivity index (χ3v) is 3.70. The number of aliphatic hydroxyl groups excluding tert-OH is 1.